The van der Waals surface area contributed by atoms with Crippen LogP contribution < -0.4 is 11.5 Å². The van der Waals surface area contributed by atoms with Gasteiger partial charge < -0.3 is 11.5 Å². The van der Waals surface area contributed by atoms with Gasteiger partial charge in [0.2, 0.25) is 0 Å². The second kappa shape index (κ2) is 10.2. The van der Waals surface area contributed by atoms with Gasteiger partial charge in [-0.25, -0.2) is 0 Å². The fraction of sp³-hybridized carbons (Fsp3) is 0.333. The van der Waals surface area contributed by atoms with Gasteiger partial charge in [-0.2, -0.15) is 0 Å². The first-order chi connectivity index (χ1) is 8.58. The average Bonchev–Trinajstić information content (AvgIpc) is 2.28. The minimum Gasteiger partial charge on any atom is -0.379 e. The van der Waals surface area contributed by atoms with Crippen molar-refractivity contribution in [3.63, 3.8) is 0 Å². The summed E-state index contributed by atoms with van der Waals surface area (Å²) in [4.78, 5) is 0. The highest BCUT2D eigenvalue weighted by atomic mass is 79.9. The van der Waals surface area contributed by atoms with E-state index in [1.807, 2.05) is 6.07 Å². The Morgan fingerprint density at radius 3 is 1.74 bits per heavy atom. The van der Waals surface area contributed by atoms with Crippen molar-refractivity contribution in [3.05, 3.63) is 35.4 Å². The number of hydrogen-bond donors (Lipinski definition) is 4. The van der Waals surface area contributed by atoms with E-state index in [4.69, 9.17) is 22.3 Å². The molecule has 1 rings (SSSR count). The van der Waals surface area contributed by atoms with Crippen molar-refractivity contribution in [2.24, 2.45) is 11.5 Å². The Kier molecular flexibility index (Phi) is 9.81. The summed E-state index contributed by atoms with van der Waals surface area (Å²) in [5.41, 5.74) is 13.1. The van der Waals surface area contributed by atoms with Crippen molar-refractivity contribution >= 4 is 50.8 Å². The third kappa shape index (κ3) is 8.96. The van der Waals surface area contributed by atoms with Crippen LogP contribution in [0.15, 0.2) is 24.3 Å². The van der Waals surface area contributed by atoms with Crippen LogP contribution in [0.25, 0.3) is 0 Å². The smallest absolute Gasteiger partial charge is 0.151 e. The van der Waals surface area contributed by atoms with Crippen LogP contribution >= 0.6 is 40.5 Å². The molecule has 0 aliphatic carbocycles. The Bertz CT molecular complexity index is 391. The highest BCUT2D eigenvalue weighted by Gasteiger charge is 1.99. The summed E-state index contributed by atoms with van der Waals surface area (Å²) in [6, 6.07) is 8.38. The van der Waals surface area contributed by atoms with E-state index in [0.717, 1.165) is 24.3 Å². The van der Waals surface area contributed by atoms with Gasteiger partial charge in [-0.15, -0.1) is 17.0 Å². The minimum atomic E-state index is 0. The van der Waals surface area contributed by atoms with Crippen LogP contribution in [0.4, 0.5) is 0 Å². The number of nitrogens with one attached hydrogen (secondary N) is 2. The zero-order chi connectivity index (χ0) is 13.4. The van der Waals surface area contributed by atoms with Gasteiger partial charge in [-0.1, -0.05) is 47.8 Å². The van der Waals surface area contributed by atoms with Gasteiger partial charge in [-0.05, 0) is 24.0 Å². The second-order valence-electron chi connectivity index (χ2n) is 3.75. The van der Waals surface area contributed by atoms with E-state index in [0.29, 0.717) is 0 Å². The number of benzene rings is 1. The summed E-state index contributed by atoms with van der Waals surface area (Å²) >= 11 is 2.73. The fourth-order valence-corrected chi connectivity index (χ4v) is 2.61. The van der Waals surface area contributed by atoms with Gasteiger partial charge in [-0.3, -0.25) is 10.8 Å². The number of halogens is 1. The molecule has 0 saturated heterocycles. The number of hydrogen-bond acceptors (Lipinski definition) is 4. The molecule has 0 bridgehead atoms. The maximum Gasteiger partial charge on any atom is 0.151 e. The van der Waals surface area contributed by atoms with E-state index >= 15 is 0 Å². The third-order valence-electron chi connectivity index (χ3n) is 2.29. The van der Waals surface area contributed by atoms with Crippen molar-refractivity contribution in [3.8, 4) is 0 Å². The highest BCUT2D eigenvalue weighted by Crippen LogP contribution is 2.12. The molecule has 0 aliphatic heterocycles. The third-order valence-corrected chi connectivity index (χ3v) is 3.73. The molecule has 0 aliphatic rings. The molecule has 0 atom stereocenters. The largest absolute Gasteiger partial charge is 0.379 e. The SMILES string of the molecule is Br.N=C(N)SCCc1cccc(CCSC(=N)N)c1. The van der Waals surface area contributed by atoms with Crippen molar-refractivity contribution in [1.29, 1.82) is 10.8 Å². The Hall–Kier alpha value is -0.660. The average molecular weight is 363 g/mol. The van der Waals surface area contributed by atoms with E-state index in [9.17, 15) is 0 Å². The molecule has 7 heteroatoms. The molecule has 0 radical (unpaired) electrons. The maximum atomic E-state index is 7.14. The van der Waals surface area contributed by atoms with E-state index in [1.54, 1.807) is 0 Å². The molecule has 1 aromatic carbocycles. The van der Waals surface area contributed by atoms with Crippen molar-refractivity contribution in [2.45, 2.75) is 12.8 Å². The molecule has 4 nitrogen and oxygen atoms in total. The van der Waals surface area contributed by atoms with E-state index in [2.05, 4.69) is 18.2 Å². The second-order valence-corrected chi connectivity index (χ2v) is 6.02. The molecule has 0 spiro atoms. The van der Waals surface area contributed by atoms with Crippen LogP contribution in [0, 0.1) is 10.8 Å². The normalized spacial score (nSPS) is 9.68. The fourth-order valence-electron chi connectivity index (χ4n) is 1.50. The lowest BCUT2D eigenvalue weighted by molar-refractivity contribution is 1.10. The van der Waals surface area contributed by atoms with Gasteiger partial charge in [0.05, 0.1) is 0 Å². The molecule has 19 heavy (non-hydrogen) atoms. The Morgan fingerprint density at radius 2 is 1.37 bits per heavy atom. The zero-order valence-corrected chi connectivity index (χ0v) is 13.9. The Labute approximate surface area is 132 Å². The quantitative estimate of drug-likeness (QED) is 0.461. The van der Waals surface area contributed by atoms with E-state index in [-0.39, 0.29) is 27.3 Å². The minimum absolute atomic E-state index is 0. The maximum absolute atomic E-state index is 7.14. The van der Waals surface area contributed by atoms with Crippen molar-refractivity contribution in [2.75, 3.05) is 11.5 Å². The first kappa shape index (κ1) is 18.3. The van der Waals surface area contributed by atoms with Crippen LogP contribution in [-0.4, -0.2) is 21.8 Å². The van der Waals surface area contributed by atoms with Crippen LogP contribution in [-0.2, 0) is 12.8 Å². The zero-order valence-electron chi connectivity index (χ0n) is 10.5. The van der Waals surface area contributed by atoms with Crippen LogP contribution in [0.1, 0.15) is 11.1 Å². The van der Waals surface area contributed by atoms with Crippen molar-refractivity contribution in [1.82, 2.24) is 0 Å². The van der Waals surface area contributed by atoms with Gasteiger partial charge in [0, 0.05) is 11.5 Å². The topological polar surface area (TPSA) is 99.7 Å². The molecule has 6 N–H and O–H groups in total. The van der Waals surface area contributed by atoms with Gasteiger partial charge in [0.1, 0.15) is 0 Å². The summed E-state index contributed by atoms with van der Waals surface area (Å²) in [6.45, 7) is 0. The van der Waals surface area contributed by atoms with Gasteiger partial charge >= 0.3 is 0 Å². The molecule has 0 saturated carbocycles. The number of thioether (sulfide) groups is 2. The summed E-state index contributed by atoms with van der Waals surface area (Å²) < 4.78 is 0. The summed E-state index contributed by atoms with van der Waals surface area (Å²) in [5, 5.41) is 14.6. The lowest BCUT2D eigenvalue weighted by Gasteiger charge is -2.05. The Morgan fingerprint density at radius 1 is 0.947 bits per heavy atom. The van der Waals surface area contributed by atoms with Crippen molar-refractivity contribution < 1.29 is 0 Å². The summed E-state index contributed by atoms with van der Waals surface area (Å²) in [5.74, 6) is 1.67. The van der Waals surface area contributed by atoms with E-state index < -0.39 is 0 Å². The lowest BCUT2D eigenvalue weighted by Crippen LogP contribution is -2.06. The molecule has 1 aromatic rings. The summed E-state index contributed by atoms with van der Waals surface area (Å²) in [7, 11) is 0. The standard InChI is InChI=1S/C12H18N4S2.BrH/c13-11(14)17-6-4-9-2-1-3-10(8-9)5-7-18-12(15)16;/h1-3,8H,4-7H2,(H3,13,14)(H3,15,16);1H. The molecule has 0 heterocycles. The Balaban J connectivity index is 0.00000324. The number of aryl methyl sites for hydroxylation is 2. The predicted molar refractivity (Wildman–Crippen MR) is 92.9 cm³/mol. The number of nitrogens with two attached hydrogens (primary N) is 2. The molecule has 106 valence electrons. The summed E-state index contributed by atoms with van der Waals surface area (Å²) in [6.07, 6.45) is 1.83. The monoisotopic (exact) mass is 362 g/mol. The molecular weight excluding hydrogens is 344 g/mol. The first-order valence-corrected chi connectivity index (χ1v) is 7.56. The molecule has 0 amide bonds. The highest BCUT2D eigenvalue weighted by molar-refractivity contribution is 8.93. The van der Waals surface area contributed by atoms with Crippen LogP contribution in [0.5, 0.6) is 0 Å². The number of amidine groups is 2. The molecular formula is C12H19BrN4S2. The predicted octanol–water partition coefficient (Wildman–Crippen LogP) is 2.60. The molecule has 0 fully saturated rings. The van der Waals surface area contributed by atoms with Crippen LogP contribution in [0.3, 0.4) is 0 Å². The number of rotatable bonds is 6. The van der Waals surface area contributed by atoms with E-state index in [1.165, 1.54) is 34.7 Å². The lowest BCUT2D eigenvalue weighted by atomic mass is 10.1. The van der Waals surface area contributed by atoms with Gasteiger partial charge in [0.15, 0.2) is 10.3 Å². The van der Waals surface area contributed by atoms with Crippen LogP contribution in [0.2, 0.25) is 0 Å². The molecule has 0 unspecified atom stereocenters. The van der Waals surface area contributed by atoms with Gasteiger partial charge in [0.25, 0.3) is 0 Å². The first-order valence-electron chi connectivity index (χ1n) is 5.59. The molecule has 0 aromatic heterocycles.